The van der Waals surface area contributed by atoms with Gasteiger partial charge < -0.3 is 9.64 Å². The Kier molecular flexibility index (Phi) is 3.97. The normalized spacial score (nSPS) is 19.7. The predicted molar refractivity (Wildman–Crippen MR) is 66.6 cm³/mol. The van der Waals surface area contributed by atoms with Crippen LogP contribution in [0.1, 0.15) is 18.4 Å². The number of hydrogen-bond acceptors (Lipinski definition) is 3. The van der Waals surface area contributed by atoms with E-state index in [2.05, 4.69) is 0 Å². The predicted octanol–water partition coefficient (Wildman–Crippen LogP) is 1.60. The minimum Gasteiger partial charge on any atom is -0.461 e. The molecule has 1 aliphatic heterocycles. The Morgan fingerprint density at radius 2 is 2.11 bits per heavy atom. The fourth-order valence-electron chi connectivity index (χ4n) is 1.99. The lowest BCUT2D eigenvalue weighted by molar-refractivity contribution is -0.155. The van der Waals surface area contributed by atoms with Crippen molar-refractivity contribution >= 4 is 11.9 Å². The van der Waals surface area contributed by atoms with Gasteiger partial charge in [0.15, 0.2) is 0 Å². The molecule has 0 N–H and O–H groups in total. The van der Waals surface area contributed by atoms with Crippen LogP contribution in [0.25, 0.3) is 0 Å². The number of esters is 1. The number of nitrogens with zero attached hydrogens (tertiary/aromatic N) is 1. The summed E-state index contributed by atoms with van der Waals surface area (Å²) < 4.78 is 5.24. The van der Waals surface area contributed by atoms with Gasteiger partial charge >= 0.3 is 5.97 Å². The second kappa shape index (κ2) is 5.67. The third-order valence-corrected chi connectivity index (χ3v) is 3.22. The van der Waals surface area contributed by atoms with Crippen molar-refractivity contribution in [1.82, 2.24) is 4.90 Å². The molecule has 4 heteroatoms. The van der Waals surface area contributed by atoms with E-state index in [0.717, 1.165) is 5.56 Å². The largest absolute Gasteiger partial charge is 0.461 e. The molecule has 2 rings (SSSR count). The quantitative estimate of drug-likeness (QED) is 0.762. The van der Waals surface area contributed by atoms with Crippen molar-refractivity contribution in [1.29, 1.82) is 0 Å². The van der Waals surface area contributed by atoms with Crippen LogP contribution in [0.4, 0.5) is 0 Å². The van der Waals surface area contributed by atoms with E-state index in [0.29, 0.717) is 13.0 Å². The van der Waals surface area contributed by atoms with Crippen LogP contribution >= 0.6 is 0 Å². The molecule has 0 aromatic heterocycles. The molecule has 4 nitrogen and oxygen atoms in total. The number of hydrogen-bond donors (Lipinski definition) is 0. The van der Waals surface area contributed by atoms with Crippen LogP contribution < -0.4 is 0 Å². The van der Waals surface area contributed by atoms with Crippen molar-refractivity contribution in [3.8, 4) is 0 Å². The van der Waals surface area contributed by atoms with E-state index in [1.165, 1.54) is 0 Å². The molecule has 0 bridgehead atoms. The zero-order chi connectivity index (χ0) is 13.0. The van der Waals surface area contributed by atoms with Crippen molar-refractivity contribution in [2.75, 3.05) is 13.6 Å². The lowest BCUT2D eigenvalue weighted by atomic mass is 9.97. The van der Waals surface area contributed by atoms with E-state index in [9.17, 15) is 9.59 Å². The smallest absolute Gasteiger partial charge is 0.309 e. The lowest BCUT2D eigenvalue weighted by Crippen LogP contribution is -2.38. The summed E-state index contributed by atoms with van der Waals surface area (Å²) in [5.41, 5.74) is 0.963. The molecule has 1 unspecified atom stereocenters. The number of ether oxygens (including phenoxy) is 1. The number of carbonyl (C=O) groups is 2. The molecule has 1 aliphatic rings. The molecule has 1 amide bonds. The molecular formula is C14H17NO3. The van der Waals surface area contributed by atoms with Crippen LogP contribution in [0.15, 0.2) is 30.3 Å². The first-order valence-corrected chi connectivity index (χ1v) is 6.11. The van der Waals surface area contributed by atoms with Crippen molar-refractivity contribution in [2.45, 2.75) is 19.4 Å². The average molecular weight is 247 g/mol. The minimum absolute atomic E-state index is 0.0166. The SMILES string of the molecule is CN1CCC(C(=O)OCc2ccccc2)CC1=O. The lowest BCUT2D eigenvalue weighted by Gasteiger charge is -2.27. The van der Waals surface area contributed by atoms with E-state index in [-0.39, 0.29) is 30.8 Å². The maximum Gasteiger partial charge on any atom is 0.309 e. The summed E-state index contributed by atoms with van der Waals surface area (Å²) in [7, 11) is 1.76. The van der Waals surface area contributed by atoms with Crippen molar-refractivity contribution in [3.63, 3.8) is 0 Å². The summed E-state index contributed by atoms with van der Waals surface area (Å²) >= 11 is 0. The van der Waals surface area contributed by atoms with E-state index in [1.807, 2.05) is 30.3 Å². The summed E-state index contributed by atoms with van der Waals surface area (Å²) in [6.07, 6.45) is 0.958. The Hall–Kier alpha value is -1.84. The summed E-state index contributed by atoms with van der Waals surface area (Å²) in [6, 6.07) is 9.55. The van der Waals surface area contributed by atoms with E-state index < -0.39 is 0 Å². The van der Waals surface area contributed by atoms with Crippen molar-refractivity contribution < 1.29 is 14.3 Å². The standard InChI is InChI=1S/C14H17NO3/c1-15-8-7-12(9-13(15)16)14(17)18-10-11-5-3-2-4-6-11/h2-6,12H,7-10H2,1H3. The average Bonchev–Trinajstić information content (AvgIpc) is 2.40. The van der Waals surface area contributed by atoms with Crippen LogP contribution in [0, 0.1) is 5.92 Å². The molecule has 0 saturated carbocycles. The Labute approximate surface area is 107 Å². The van der Waals surface area contributed by atoms with Gasteiger partial charge in [0, 0.05) is 20.0 Å². The van der Waals surface area contributed by atoms with Crippen LogP contribution in [-0.4, -0.2) is 30.4 Å². The highest BCUT2D eigenvalue weighted by Gasteiger charge is 2.29. The van der Waals surface area contributed by atoms with Gasteiger partial charge in [-0.1, -0.05) is 30.3 Å². The molecule has 1 saturated heterocycles. The van der Waals surface area contributed by atoms with Gasteiger partial charge in [0.05, 0.1) is 5.92 Å². The molecule has 1 fully saturated rings. The van der Waals surface area contributed by atoms with Crippen LogP contribution in [0.2, 0.25) is 0 Å². The second-order valence-electron chi connectivity index (χ2n) is 4.60. The molecule has 0 spiro atoms. The molecule has 0 radical (unpaired) electrons. The molecule has 0 aliphatic carbocycles. The highest BCUT2D eigenvalue weighted by Crippen LogP contribution is 2.19. The molecule has 1 aromatic rings. The summed E-state index contributed by atoms with van der Waals surface area (Å²) in [5.74, 6) is -0.527. The fourth-order valence-corrected chi connectivity index (χ4v) is 1.99. The molecule has 96 valence electrons. The van der Waals surface area contributed by atoms with Gasteiger partial charge in [0.2, 0.25) is 5.91 Å². The second-order valence-corrected chi connectivity index (χ2v) is 4.60. The highest BCUT2D eigenvalue weighted by molar-refractivity contribution is 5.84. The molecule has 1 aromatic carbocycles. The van der Waals surface area contributed by atoms with Gasteiger partial charge in [-0.3, -0.25) is 9.59 Å². The van der Waals surface area contributed by atoms with E-state index in [4.69, 9.17) is 4.74 Å². The number of rotatable bonds is 3. The zero-order valence-corrected chi connectivity index (χ0v) is 10.5. The number of benzene rings is 1. The van der Waals surface area contributed by atoms with E-state index >= 15 is 0 Å². The maximum absolute atomic E-state index is 11.8. The molecule has 1 heterocycles. The van der Waals surface area contributed by atoms with Crippen LogP contribution in [-0.2, 0) is 20.9 Å². The zero-order valence-electron chi connectivity index (χ0n) is 10.5. The fraction of sp³-hybridized carbons (Fsp3) is 0.429. The highest BCUT2D eigenvalue weighted by atomic mass is 16.5. The summed E-state index contributed by atoms with van der Waals surface area (Å²) in [4.78, 5) is 25.0. The minimum atomic E-state index is -0.280. The monoisotopic (exact) mass is 247 g/mol. The number of likely N-dealkylation sites (tertiary alicyclic amines) is 1. The van der Waals surface area contributed by atoms with Crippen molar-refractivity contribution in [3.05, 3.63) is 35.9 Å². The first-order chi connectivity index (χ1) is 8.66. The summed E-state index contributed by atoms with van der Waals surface area (Å²) in [6.45, 7) is 0.907. The Morgan fingerprint density at radius 1 is 1.39 bits per heavy atom. The Balaban J connectivity index is 1.83. The van der Waals surface area contributed by atoms with Gasteiger partial charge in [0.1, 0.15) is 6.61 Å². The first kappa shape index (κ1) is 12.6. The third kappa shape index (κ3) is 3.09. The van der Waals surface area contributed by atoms with Gasteiger partial charge in [-0.15, -0.1) is 0 Å². The third-order valence-electron chi connectivity index (χ3n) is 3.22. The van der Waals surface area contributed by atoms with Gasteiger partial charge in [-0.2, -0.15) is 0 Å². The van der Waals surface area contributed by atoms with E-state index in [1.54, 1.807) is 11.9 Å². The topological polar surface area (TPSA) is 46.6 Å². The number of carbonyl (C=O) groups excluding carboxylic acids is 2. The van der Waals surface area contributed by atoms with Gasteiger partial charge in [0.25, 0.3) is 0 Å². The molecule has 18 heavy (non-hydrogen) atoms. The first-order valence-electron chi connectivity index (χ1n) is 6.11. The molecular weight excluding hydrogens is 230 g/mol. The van der Waals surface area contributed by atoms with Gasteiger partial charge in [-0.25, -0.2) is 0 Å². The molecule has 1 atom stereocenters. The summed E-state index contributed by atoms with van der Waals surface area (Å²) in [5, 5.41) is 0. The number of piperidine rings is 1. The van der Waals surface area contributed by atoms with Crippen LogP contribution in [0.3, 0.4) is 0 Å². The Morgan fingerprint density at radius 3 is 2.78 bits per heavy atom. The van der Waals surface area contributed by atoms with Gasteiger partial charge in [-0.05, 0) is 12.0 Å². The number of amides is 1. The maximum atomic E-state index is 11.8. The van der Waals surface area contributed by atoms with Crippen LogP contribution in [0.5, 0.6) is 0 Å². The van der Waals surface area contributed by atoms with Crippen molar-refractivity contribution in [2.24, 2.45) is 5.92 Å². The Bertz CT molecular complexity index is 430.